The first-order chi connectivity index (χ1) is 19.7. The minimum atomic E-state index is -4.99. The minimum Gasteiger partial charge on any atom is -0.382 e. The lowest BCUT2D eigenvalue weighted by atomic mass is 10.2. The Labute approximate surface area is 237 Å². The number of primary amides is 1. The van der Waals surface area contributed by atoms with Gasteiger partial charge in [0.1, 0.15) is 24.6 Å². The number of halogens is 6. The molecule has 2 atom stereocenters. The fourth-order valence-electron chi connectivity index (χ4n) is 4.54. The van der Waals surface area contributed by atoms with E-state index in [1.54, 1.807) is 0 Å². The molecule has 0 aliphatic carbocycles. The molecule has 0 spiro atoms. The van der Waals surface area contributed by atoms with E-state index in [9.17, 15) is 36.6 Å². The molecule has 12 nitrogen and oxygen atoms in total. The molecule has 222 valence electrons. The van der Waals surface area contributed by atoms with Crippen molar-refractivity contribution in [1.29, 1.82) is 0 Å². The van der Waals surface area contributed by atoms with E-state index in [2.05, 4.69) is 20.2 Å². The highest BCUT2D eigenvalue weighted by atomic mass is 35.5. The summed E-state index contributed by atoms with van der Waals surface area (Å²) in [5.41, 5.74) is 4.99. The average Bonchev–Trinajstić information content (AvgIpc) is 3.61. The summed E-state index contributed by atoms with van der Waals surface area (Å²) in [6.07, 6.45) is -4.75. The van der Waals surface area contributed by atoms with Crippen molar-refractivity contribution in [3.63, 3.8) is 0 Å². The van der Waals surface area contributed by atoms with Crippen LogP contribution in [0.25, 0.3) is 17.1 Å². The lowest BCUT2D eigenvalue weighted by Gasteiger charge is -2.25. The molecular weight excluding hydrogens is 593 g/mol. The van der Waals surface area contributed by atoms with Crippen LogP contribution in [0.5, 0.6) is 0 Å². The molecule has 3 N–H and O–H groups in total. The molecule has 18 heteroatoms. The van der Waals surface area contributed by atoms with Gasteiger partial charge in [-0.15, -0.1) is 10.2 Å². The van der Waals surface area contributed by atoms with Gasteiger partial charge in [0.25, 0.3) is 5.92 Å². The number of carbonyl (C=O) groups is 1. The van der Waals surface area contributed by atoms with Crippen LogP contribution in [0, 0.1) is 0 Å². The zero-order chi connectivity index (χ0) is 30.4. The Kier molecular flexibility index (Phi) is 7.48. The first-order valence-electron chi connectivity index (χ1n) is 12.2. The predicted molar refractivity (Wildman–Crippen MR) is 137 cm³/mol. The Morgan fingerprint density at radius 3 is 2.55 bits per heavy atom. The maximum Gasteiger partial charge on any atom is 0.416 e. The number of carbonyl (C=O) groups excluding carboxylic acids is 1. The standard InChI is InChI=1S/C24H21ClF5N9O3/c25-14-3-1-13(2-4-14)21-35-38(22(42)36(21)9-18(40)24(28,29)30)10-19-33-12-39(34-19)17-8-32-6-5-15(17)37-11-23(26,27)7-16(37)20(31)41/h1-6,8,12,16,18,40H,7,9-11H2,(H2,31,41)/t16-,18+/m1/s1. The van der Waals surface area contributed by atoms with E-state index >= 15 is 0 Å². The molecule has 1 aliphatic rings. The van der Waals surface area contributed by atoms with Gasteiger partial charge in [-0.3, -0.25) is 14.3 Å². The van der Waals surface area contributed by atoms with Crippen molar-refractivity contribution in [3.8, 4) is 17.1 Å². The van der Waals surface area contributed by atoms with Crippen LogP contribution in [0.15, 0.2) is 53.8 Å². The number of anilines is 1. The van der Waals surface area contributed by atoms with Crippen LogP contribution in [-0.4, -0.2) is 75.9 Å². The summed E-state index contributed by atoms with van der Waals surface area (Å²) in [5, 5.41) is 18.4. The molecule has 4 heterocycles. The Morgan fingerprint density at radius 2 is 1.88 bits per heavy atom. The molecule has 1 fully saturated rings. The van der Waals surface area contributed by atoms with Gasteiger partial charge in [-0.2, -0.15) is 13.2 Å². The molecule has 1 aromatic carbocycles. The number of alkyl halides is 5. The molecule has 42 heavy (non-hydrogen) atoms. The summed E-state index contributed by atoms with van der Waals surface area (Å²) >= 11 is 5.90. The molecule has 3 aromatic heterocycles. The fourth-order valence-corrected chi connectivity index (χ4v) is 4.67. The SMILES string of the molecule is NC(=O)[C@H]1CC(F)(F)CN1c1ccncc1-n1cnc(Cn2nc(-c3ccc(Cl)cc3)n(C[C@H](O)C(F)(F)F)c2=O)n1. The van der Waals surface area contributed by atoms with E-state index in [1.807, 2.05) is 0 Å². The smallest absolute Gasteiger partial charge is 0.382 e. The molecule has 0 radical (unpaired) electrons. The van der Waals surface area contributed by atoms with Gasteiger partial charge < -0.3 is 15.7 Å². The van der Waals surface area contributed by atoms with Crippen LogP contribution in [0.2, 0.25) is 5.02 Å². The number of hydrogen-bond acceptors (Lipinski definition) is 8. The van der Waals surface area contributed by atoms with Crippen LogP contribution in [0.3, 0.4) is 0 Å². The van der Waals surface area contributed by atoms with E-state index in [0.29, 0.717) is 9.59 Å². The summed E-state index contributed by atoms with van der Waals surface area (Å²) in [4.78, 5) is 34.3. The maximum atomic E-state index is 14.2. The third-order valence-corrected chi connectivity index (χ3v) is 6.77. The van der Waals surface area contributed by atoms with Crippen LogP contribution in [-0.2, 0) is 17.9 Å². The molecule has 0 unspecified atom stereocenters. The van der Waals surface area contributed by atoms with Gasteiger partial charge in [-0.05, 0) is 30.3 Å². The van der Waals surface area contributed by atoms with Crippen LogP contribution < -0.4 is 16.3 Å². The number of rotatable bonds is 8. The van der Waals surface area contributed by atoms with Crippen molar-refractivity contribution < 1.29 is 31.9 Å². The van der Waals surface area contributed by atoms with Crippen LogP contribution >= 0.6 is 11.6 Å². The molecule has 0 saturated carbocycles. The van der Waals surface area contributed by atoms with Gasteiger partial charge >= 0.3 is 11.9 Å². The molecule has 4 aromatic rings. The number of amides is 1. The fraction of sp³-hybridized carbons (Fsp3) is 0.333. The first-order valence-corrected chi connectivity index (χ1v) is 12.6. The summed E-state index contributed by atoms with van der Waals surface area (Å²) in [6, 6.07) is 5.93. The molecule has 1 amide bonds. The highest BCUT2D eigenvalue weighted by Crippen LogP contribution is 2.37. The van der Waals surface area contributed by atoms with E-state index in [4.69, 9.17) is 17.3 Å². The van der Waals surface area contributed by atoms with Crippen molar-refractivity contribution in [2.24, 2.45) is 5.73 Å². The number of nitrogens with two attached hydrogens (primary N) is 1. The number of aromatic nitrogens is 7. The third kappa shape index (κ3) is 5.82. The molecule has 1 aliphatic heterocycles. The number of aliphatic hydroxyl groups excluding tert-OH is 1. The average molecular weight is 614 g/mol. The summed E-state index contributed by atoms with van der Waals surface area (Å²) < 4.78 is 70.4. The second-order valence-corrected chi connectivity index (χ2v) is 9.95. The number of aliphatic hydroxyl groups is 1. The summed E-state index contributed by atoms with van der Waals surface area (Å²) in [7, 11) is 0. The van der Waals surface area contributed by atoms with Crippen molar-refractivity contribution in [2.45, 2.75) is 43.8 Å². The zero-order valence-electron chi connectivity index (χ0n) is 21.3. The van der Waals surface area contributed by atoms with E-state index in [0.717, 1.165) is 9.58 Å². The molecular formula is C24H21ClF5N9O3. The van der Waals surface area contributed by atoms with Gasteiger partial charge in [-0.25, -0.2) is 27.9 Å². The normalized spacial score (nSPS) is 17.5. The number of hydrogen-bond donors (Lipinski definition) is 2. The van der Waals surface area contributed by atoms with E-state index in [-0.39, 0.29) is 28.6 Å². The number of benzene rings is 1. The second-order valence-electron chi connectivity index (χ2n) is 9.51. The second kappa shape index (κ2) is 10.8. The lowest BCUT2D eigenvalue weighted by molar-refractivity contribution is -0.207. The summed E-state index contributed by atoms with van der Waals surface area (Å²) in [6.45, 7) is -2.30. The van der Waals surface area contributed by atoms with Crippen molar-refractivity contribution in [1.82, 2.24) is 34.1 Å². The Bertz CT molecular complexity index is 1670. The maximum absolute atomic E-state index is 14.2. The lowest BCUT2D eigenvalue weighted by Crippen LogP contribution is -2.40. The van der Waals surface area contributed by atoms with Gasteiger partial charge in [-0.1, -0.05) is 11.6 Å². The van der Waals surface area contributed by atoms with Crippen LogP contribution in [0.1, 0.15) is 12.2 Å². The topological polar surface area (TPSA) is 150 Å². The van der Waals surface area contributed by atoms with Gasteiger partial charge in [0.15, 0.2) is 17.8 Å². The molecule has 5 rings (SSSR count). The Hall–Kier alpha value is -4.38. The highest BCUT2D eigenvalue weighted by molar-refractivity contribution is 6.30. The van der Waals surface area contributed by atoms with Crippen LogP contribution in [0.4, 0.5) is 27.6 Å². The number of pyridine rings is 1. The minimum absolute atomic E-state index is 0.0196. The predicted octanol–water partition coefficient (Wildman–Crippen LogP) is 2.01. The highest BCUT2D eigenvalue weighted by Gasteiger charge is 2.48. The number of nitrogens with zero attached hydrogens (tertiary/aromatic N) is 8. The third-order valence-electron chi connectivity index (χ3n) is 6.52. The molecule has 1 saturated heterocycles. The van der Waals surface area contributed by atoms with Crippen molar-refractivity contribution >= 4 is 23.2 Å². The molecule has 0 bridgehead atoms. The summed E-state index contributed by atoms with van der Waals surface area (Å²) in [5.74, 6) is -4.29. The van der Waals surface area contributed by atoms with Gasteiger partial charge in [0.2, 0.25) is 5.91 Å². The van der Waals surface area contributed by atoms with E-state index in [1.165, 1.54) is 53.7 Å². The van der Waals surface area contributed by atoms with E-state index < -0.39 is 61.9 Å². The van der Waals surface area contributed by atoms with Crippen molar-refractivity contribution in [2.75, 3.05) is 11.4 Å². The van der Waals surface area contributed by atoms with Gasteiger partial charge in [0, 0.05) is 23.2 Å². The zero-order valence-corrected chi connectivity index (χ0v) is 22.0. The van der Waals surface area contributed by atoms with Gasteiger partial charge in [0.05, 0.1) is 25.0 Å². The van der Waals surface area contributed by atoms with Crippen molar-refractivity contribution in [3.05, 3.63) is 70.4 Å². The first kappa shape index (κ1) is 29.1. The monoisotopic (exact) mass is 613 g/mol. The largest absolute Gasteiger partial charge is 0.416 e. The quantitative estimate of drug-likeness (QED) is 0.287. The Morgan fingerprint density at radius 1 is 1.17 bits per heavy atom. The Balaban J connectivity index is 1.48.